The number of aliphatic hydroxyl groups excluding tert-OH is 2. The van der Waals surface area contributed by atoms with Gasteiger partial charge in [0.1, 0.15) is 5.82 Å². The van der Waals surface area contributed by atoms with Gasteiger partial charge in [-0.15, -0.1) is 0 Å². The maximum absolute atomic E-state index is 14.4. The summed E-state index contributed by atoms with van der Waals surface area (Å²) in [5.74, 6) is -6.24. The third-order valence-electron chi connectivity index (χ3n) is 6.58. The average molecular weight is 566 g/mol. The van der Waals surface area contributed by atoms with Crippen molar-refractivity contribution >= 4 is 17.6 Å². The molecule has 4 N–H and O–H groups in total. The molecule has 0 radical (unpaired) electrons. The number of nitrogens with zero attached hydrogens (tertiary/aromatic N) is 1. The smallest absolute Gasteiger partial charge is 0.305 e. The van der Waals surface area contributed by atoms with E-state index >= 15 is 0 Å². The Hall–Kier alpha value is -4.27. The number of carbonyl (C=O) groups is 2. The minimum Gasteiger partial charge on any atom is -0.481 e. The molecule has 41 heavy (non-hydrogen) atoms. The fourth-order valence-electron chi connectivity index (χ4n) is 4.83. The van der Waals surface area contributed by atoms with Crippen LogP contribution in [-0.4, -0.2) is 44.0 Å². The highest BCUT2D eigenvalue weighted by Gasteiger charge is 2.31. The summed E-state index contributed by atoms with van der Waals surface area (Å²) in [4.78, 5) is 25.5. The number of aliphatic hydroxyl groups is 2. The molecule has 8 heteroatoms. The second-order valence-corrected chi connectivity index (χ2v) is 9.60. The molecule has 0 spiro atoms. The summed E-state index contributed by atoms with van der Waals surface area (Å²) in [7, 11) is 0. The standard InChI is InChI=1S/C33H35FN2O5/c1-21(2)31-30(33(41)35-25-11-7-4-8-12-25)29(22-9-5-3-6-10-22)32(23-13-15-24(34)16-14-23)36(31)18-17-26(37)19-27(38)20-28(39)40/h3-16,21,26-27,37-38H,17-20H2,1-2H3,(H,35,41)(H,39,40)/t26-,27-/m0/s1/i1D3,2D3,21D. The van der Waals surface area contributed by atoms with Crippen LogP contribution >= 0.6 is 0 Å². The number of rotatable bonds is 12. The number of aromatic nitrogens is 1. The first-order valence-corrected chi connectivity index (χ1v) is 13.0. The van der Waals surface area contributed by atoms with Crippen molar-refractivity contribution < 1.29 is 38.9 Å². The number of nitrogens with one attached hydrogen (secondary N) is 1. The van der Waals surface area contributed by atoms with E-state index in [1.54, 1.807) is 60.7 Å². The van der Waals surface area contributed by atoms with E-state index in [1.165, 1.54) is 16.7 Å². The third-order valence-corrected chi connectivity index (χ3v) is 6.58. The SMILES string of the molecule is [2H]C([2H])([2H])C([2H])(c1c(C(=O)Nc2ccccc2)c(-c2ccccc2)c(-c2ccc(F)cc2)n1CC[C@H](O)C[C@H](O)CC(=O)O)C([2H])([2H])[2H]. The molecule has 1 aromatic heterocycles. The van der Waals surface area contributed by atoms with E-state index in [0.29, 0.717) is 11.3 Å². The maximum atomic E-state index is 14.4. The summed E-state index contributed by atoms with van der Waals surface area (Å²) in [6.07, 6.45) is -4.10. The monoisotopic (exact) mass is 565 g/mol. The lowest BCUT2D eigenvalue weighted by Gasteiger charge is -2.20. The lowest BCUT2D eigenvalue weighted by atomic mass is 9.94. The summed E-state index contributed by atoms with van der Waals surface area (Å²) < 4.78 is 75.0. The van der Waals surface area contributed by atoms with Gasteiger partial charge in [-0.3, -0.25) is 9.59 Å². The Morgan fingerprint density at radius 1 is 0.927 bits per heavy atom. The van der Waals surface area contributed by atoms with E-state index in [4.69, 9.17) is 13.3 Å². The average Bonchev–Trinajstić information content (AvgIpc) is 3.34. The Kier molecular flexibility index (Phi) is 7.01. The Labute approximate surface area is 248 Å². The second kappa shape index (κ2) is 13.4. The van der Waals surface area contributed by atoms with Crippen LogP contribution in [0.1, 0.15) is 64.5 Å². The topological polar surface area (TPSA) is 112 Å². The van der Waals surface area contributed by atoms with Crippen molar-refractivity contribution in [3.63, 3.8) is 0 Å². The van der Waals surface area contributed by atoms with Gasteiger partial charge in [0.05, 0.1) is 29.9 Å². The minimum absolute atomic E-state index is 0.0659. The number of carboxylic acids is 1. The maximum Gasteiger partial charge on any atom is 0.305 e. The predicted octanol–water partition coefficient (Wildman–Crippen LogP) is 6.31. The summed E-state index contributed by atoms with van der Waals surface area (Å²) in [6.45, 7) is -7.46. The van der Waals surface area contributed by atoms with Crippen molar-refractivity contribution in [1.82, 2.24) is 4.57 Å². The normalized spacial score (nSPS) is 16.1. The molecule has 0 bridgehead atoms. The fraction of sp³-hybridized carbons (Fsp3) is 0.273. The number of carbonyl (C=O) groups excluding carboxylic acids is 1. The first kappa shape index (κ1) is 21.5. The number of amides is 1. The Morgan fingerprint density at radius 3 is 2.17 bits per heavy atom. The molecule has 0 aliphatic rings. The fourth-order valence-corrected chi connectivity index (χ4v) is 4.83. The van der Waals surface area contributed by atoms with E-state index in [1.807, 2.05) is 0 Å². The molecule has 0 aliphatic heterocycles. The van der Waals surface area contributed by atoms with Crippen LogP contribution in [0.3, 0.4) is 0 Å². The van der Waals surface area contributed by atoms with Gasteiger partial charge in [-0.1, -0.05) is 62.2 Å². The number of halogens is 1. The van der Waals surface area contributed by atoms with Gasteiger partial charge >= 0.3 is 5.97 Å². The molecule has 4 rings (SSSR count). The van der Waals surface area contributed by atoms with Gasteiger partial charge in [0.2, 0.25) is 0 Å². The highest BCUT2D eigenvalue weighted by molar-refractivity contribution is 6.12. The van der Waals surface area contributed by atoms with Crippen LogP contribution in [0.15, 0.2) is 84.9 Å². The molecule has 7 nitrogen and oxygen atoms in total. The molecule has 0 saturated carbocycles. The van der Waals surface area contributed by atoms with Gasteiger partial charge in [0.15, 0.2) is 0 Å². The van der Waals surface area contributed by atoms with Crippen LogP contribution in [0.2, 0.25) is 0 Å². The Balaban J connectivity index is 2.13. The number of anilines is 1. The molecule has 4 aromatic rings. The quantitative estimate of drug-likeness (QED) is 0.161. The van der Waals surface area contributed by atoms with Crippen LogP contribution in [0.5, 0.6) is 0 Å². The lowest BCUT2D eigenvalue weighted by Crippen LogP contribution is -2.22. The number of aliphatic carboxylic acids is 1. The zero-order valence-electron chi connectivity index (χ0n) is 29.0. The van der Waals surface area contributed by atoms with E-state index in [-0.39, 0.29) is 36.2 Å². The first-order valence-electron chi connectivity index (χ1n) is 16.5. The second-order valence-electron chi connectivity index (χ2n) is 9.60. The molecule has 0 aliphatic carbocycles. The summed E-state index contributed by atoms with van der Waals surface area (Å²) in [6, 6.07) is 21.3. The largest absolute Gasteiger partial charge is 0.481 e. The molecular weight excluding hydrogens is 523 g/mol. The molecule has 214 valence electrons. The highest BCUT2D eigenvalue weighted by atomic mass is 19.1. The van der Waals surface area contributed by atoms with Crippen molar-refractivity contribution in [2.24, 2.45) is 0 Å². The molecule has 1 heterocycles. The third kappa shape index (κ3) is 7.28. The van der Waals surface area contributed by atoms with E-state index < -0.39 is 67.2 Å². The van der Waals surface area contributed by atoms with Crippen molar-refractivity contribution in [2.45, 2.75) is 57.6 Å². The number of carboxylic acid groups (broad SMARTS) is 1. The molecule has 2 atom stereocenters. The van der Waals surface area contributed by atoms with Crippen molar-refractivity contribution in [1.29, 1.82) is 0 Å². The lowest BCUT2D eigenvalue weighted by molar-refractivity contribution is -0.139. The molecule has 0 fully saturated rings. The molecular formula is C33H35FN2O5. The highest BCUT2D eigenvalue weighted by Crippen LogP contribution is 2.42. The van der Waals surface area contributed by atoms with Gasteiger partial charge in [-0.05, 0) is 66.3 Å². The molecule has 3 aromatic carbocycles. The summed E-state index contributed by atoms with van der Waals surface area (Å²) in [5.41, 5.74) is -0.0712. The van der Waals surface area contributed by atoms with Gasteiger partial charge in [0.25, 0.3) is 5.91 Å². The van der Waals surface area contributed by atoms with Crippen LogP contribution in [-0.2, 0) is 11.3 Å². The van der Waals surface area contributed by atoms with Gasteiger partial charge in [-0.25, -0.2) is 4.39 Å². The summed E-state index contributed by atoms with van der Waals surface area (Å²) >= 11 is 0. The molecule has 1 amide bonds. The predicted molar refractivity (Wildman–Crippen MR) is 157 cm³/mol. The first-order chi connectivity index (χ1) is 22.5. The number of hydrogen-bond donors (Lipinski definition) is 4. The van der Waals surface area contributed by atoms with E-state index in [2.05, 4.69) is 5.32 Å². The van der Waals surface area contributed by atoms with Crippen LogP contribution in [0.25, 0.3) is 22.4 Å². The van der Waals surface area contributed by atoms with Crippen molar-refractivity contribution in [3.05, 3.63) is 102 Å². The number of para-hydroxylation sites is 1. The molecule has 0 saturated heterocycles. The van der Waals surface area contributed by atoms with E-state index in [0.717, 1.165) is 12.1 Å². The van der Waals surface area contributed by atoms with Gasteiger partial charge in [-0.2, -0.15) is 0 Å². The number of hydrogen-bond acceptors (Lipinski definition) is 4. The zero-order chi connectivity index (χ0) is 35.4. The van der Waals surface area contributed by atoms with Crippen molar-refractivity contribution in [3.8, 4) is 22.4 Å². The number of benzene rings is 3. The zero-order valence-corrected chi connectivity index (χ0v) is 22.0. The Morgan fingerprint density at radius 2 is 1.56 bits per heavy atom. The van der Waals surface area contributed by atoms with Gasteiger partial charge < -0.3 is 25.2 Å². The Bertz CT molecular complexity index is 1710. The van der Waals surface area contributed by atoms with E-state index in [9.17, 15) is 25.6 Å². The van der Waals surface area contributed by atoms with Crippen LogP contribution < -0.4 is 5.32 Å². The van der Waals surface area contributed by atoms with Gasteiger partial charge in [0, 0.05) is 33.1 Å². The van der Waals surface area contributed by atoms with Crippen LogP contribution in [0, 0.1) is 5.82 Å². The summed E-state index contributed by atoms with van der Waals surface area (Å²) in [5, 5.41) is 32.7. The van der Waals surface area contributed by atoms with Crippen LogP contribution in [0.4, 0.5) is 10.1 Å². The minimum atomic E-state index is -3.54. The molecule has 0 unspecified atom stereocenters. The van der Waals surface area contributed by atoms with Crippen molar-refractivity contribution in [2.75, 3.05) is 5.32 Å².